The van der Waals surface area contributed by atoms with E-state index in [4.69, 9.17) is 10.4 Å². The van der Waals surface area contributed by atoms with Crippen molar-refractivity contribution in [1.29, 1.82) is 5.26 Å². The zero-order valence-electron chi connectivity index (χ0n) is 13.1. The molecule has 0 radical (unpaired) electrons. The van der Waals surface area contributed by atoms with Gasteiger partial charge in [0.15, 0.2) is 0 Å². The van der Waals surface area contributed by atoms with Crippen LogP contribution < -0.4 is 15.8 Å². The molecule has 24 heavy (non-hydrogen) atoms. The summed E-state index contributed by atoms with van der Waals surface area (Å²) in [4.78, 5) is 29.0. The molecule has 124 valence electrons. The summed E-state index contributed by atoms with van der Waals surface area (Å²) >= 11 is 0. The minimum absolute atomic E-state index is 0.0212. The number of fused-ring (bicyclic) bond motifs is 1. The lowest BCUT2D eigenvalue weighted by Crippen LogP contribution is -2.54. The Bertz CT molecular complexity index is 862. The number of pyridine rings is 1. The molecule has 1 aromatic heterocycles. The van der Waals surface area contributed by atoms with Crippen LogP contribution in [0.1, 0.15) is 5.56 Å². The van der Waals surface area contributed by atoms with Crippen molar-refractivity contribution in [2.45, 2.75) is 6.42 Å². The van der Waals surface area contributed by atoms with Crippen molar-refractivity contribution in [3.05, 3.63) is 40.2 Å². The van der Waals surface area contributed by atoms with Gasteiger partial charge in [0.25, 0.3) is 5.56 Å². The molecule has 3 rings (SSSR count). The molecule has 1 fully saturated rings. The number of aromatic nitrogens is 1. The quantitative estimate of drug-likeness (QED) is 0.724. The van der Waals surface area contributed by atoms with E-state index in [1.165, 1.54) is 0 Å². The maximum absolute atomic E-state index is 12.3. The van der Waals surface area contributed by atoms with Crippen LogP contribution in [-0.2, 0) is 11.2 Å². The molecule has 0 saturated carbocycles. The third-order valence-corrected chi connectivity index (χ3v) is 4.23. The number of nitriles is 1. The molecule has 1 aliphatic heterocycles. The number of nitrogens with one attached hydrogen (secondary N) is 2. The Balaban J connectivity index is 1.92. The van der Waals surface area contributed by atoms with E-state index in [1.54, 1.807) is 0 Å². The molecule has 0 bridgehead atoms. The van der Waals surface area contributed by atoms with Crippen molar-refractivity contribution in [2.24, 2.45) is 5.92 Å². The Labute approximate surface area is 138 Å². The van der Waals surface area contributed by atoms with Crippen LogP contribution in [-0.4, -0.2) is 42.2 Å². The van der Waals surface area contributed by atoms with Gasteiger partial charge in [-0.2, -0.15) is 5.26 Å². The number of anilines is 1. The monoisotopic (exact) mass is 326 g/mol. The zero-order chi connectivity index (χ0) is 17.1. The molecule has 0 unspecified atom stereocenters. The van der Waals surface area contributed by atoms with E-state index in [9.17, 15) is 9.59 Å². The van der Waals surface area contributed by atoms with Gasteiger partial charge in [0, 0.05) is 25.0 Å². The fraction of sp³-hybridized carbons (Fsp3) is 0.353. The summed E-state index contributed by atoms with van der Waals surface area (Å²) in [6.45, 7) is 1.13. The standard InChI is InChI=1S/C17H18N4O3/c18-6-5-13-15(12-3-1-2-4-14(12)20-17(13)24)21-9-11(10-21)16(23)19-7-8-22/h1-4,11,22H,5,7-10H2,(H,19,23)(H,20,24). The van der Waals surface area contributed by atoms with Crippen LogP contribution in [0.3, 0.4) is 0 Å². The van der Waals surface area contributed by atoms with Gasteiger partial charge < -0.3 is 20.3 Å². The number of para-hydroxylation sites is 1. The lowest BCUT2D eigenvalue weighted by Gasteiger charge is -2.41. The third kappa shape index (κ3) is 2.84. The average molecular weight is 326 g/mol. The minimum atomic E-state index is -0.265. The van der Waals surface area contributed by atoms with Gasteiger partial charge in [0.05, 0.1) is 41.8 Å². The second-order valence-corrected chi connectivity index (χ2v) is 5.78. The molecular weight excluding hydrogens is 308 g/mol. The second-order valence-electron chi connectivity index (χ2n) is 5.78. The summed E-state index contributed by atoms with van der Waals surface area (Å²) in [5.74, 6) is -0.277. The topological polar surface area (TPSA) is 109 Å². The summed E-state index contributed by atoms with van der Waals surface area (Å²) in [5, 5.41) is 21.3. The van der Waals surface area contributed by atoms with Gasteiger partial charge in [-0.05, 0) is 6.07 Å². The molecule has 1 amide bonds. The van der Waals surface area contributed by atoms with Crippen molar-refractivity contribution < 1.29 is 9.90 Å². The Morgan fingerprint density at radius 2 is 2.17 bits per heavy atom. The number of nitrogens with zero attached hydrogens (tertiary/aromatic N) is 2. The molecule has 3 N–H and O–H groups in total. The number of hydrogen-bond donors (Lipinski definition) is 3. The SMILES string of the molecule is N#CCc1c(N2CC(C(=O)NCCO)C2)c2ccccc2[nH]c1=O. The van der Waals surface area contributed by atoms with Crippen LogP contribution in [0.15, 0.2) is 29.1 Å². The molecule has 0 spiro atoms. The fourth-order valence-electron chi connectivity index (χ4n) is 3.02. The second kappa shape index (κ2) is 6.72. The van der Waals surface area contributed by atoms with Crippen molar-refractivity contribution in [1.82, 2.24) is 10.3 Å². The average Bonchev–Trinajstić information content (AvgIpc) is 2.54. The summed E-state index contributed by atoms with van der Waals surface area (Å²) in [7, 11) is 0. The van der Waals surface area contributed by atoms with Gasteiger partial charge in [-0.25, -0.2) is 0 Å². The van der Waals surface area contributed by atoms with Crippen molar-refractivity contribution in [2.75, 3.05) is 31.1 Å². The smallest absolute Gasteiger partial charge is 0.254 e. The van der Waals surface area contributed by atoms with E-state index in [2.05, 4.69) is 10.3 Å². The van der Waals surface area contributed by atoms with Gasteiger partial charge in [-0.15, -0.1) is 0 Å². The Morgan fingerprint density at radius 1 is 1.42 bits per heavy atom. The van der Waals surface area contributed by atoms with E-state index >= 15 is 0 Å². The number of H-pyrrole nitrogens is 1. The molecule has 1 saturated heterocycles. The number of amides is 1. The highest BCUT2D eigenvalue weighted by atomic mass is 16.3. The zero-order valence-corrected chi connectivity index (χ0v) is 13.1. The molecule has 1 aromatic carbocycles. The van der Waals surface area contributed by atoms with Crippen LogP contribution in [0.5, 0.6) is 0 Å². The Kier molecular flexibility index (Phi) is 4.49. The first-order valence-electron chi connectivity index (χ1n) is 7.80. The molecule has 7 nitrogen and oxygen atoms in total. The number of carbonyl (C=O) groups is 1. The third-order valence-electron chi connectivity index (χ3n) is 4.23. The lowest BCUT2D eigenvalue weighted by atomic mass is 9.95. The summed E-state index contributed by atoms with van der Waals surface area (Å²) in [5.41, 5.74) is 1.62. The number of aromatic amines is 1. The predicted octanol–water partition coefficient (Wildman–Crippen LogP) is 0.139. The predicted molar refractivity (Wildman–Crippen MR) is 89.7 cm³/mol. The highest BCUT2D eigenvalue weighted by Gasteiger charge is 2.35. The summed E-state index contributed by atoms with van der Waals surface area (Å²) in [6, 6.07) is 9.49. The first-order valence-corrected chi connectivity index (χ1v) is 7.80. The maximum atomic E-state index is 12.3. The summed E-state index contributed by atoms with van der Waals surface area (Å²) < 4.78 is 0. The number of carbonyl (C=O) groups excluding carboxylic acids is 1. The van der Waals surface area contributed by atoms with Gasteiger partial charge in [0.1, 0.15) is 0 Å². The van der Waals surface area contributed by atoms with Crippen LogP contribution in [0.4, 0.5) is 5.69 Å². The fourth-order valence-corrected chi connectivity index (χ4v) is 3.02. The molecule has 2 aromatic rings. The normalized spacial score (nSPS) is 14.2. The molecular formula is C17H18N4O3. The number of aliphatic hydroxyl groups is 1. The number of aliphatic hydroxyl groups excluding tert-OH is 1. The van der Waals surface area contributed by atoms with E-state index < -0.39 is 0 Å². The number of benzene rings is 1. The largest absolute Gasteiger partial charge is 0.395 e. The Morgan fingerprint density at radius 3 is 2.88 bits per heavy atom. The van der Waals surface area contributed by atoms with E-state index in [0.29, 0.717) is 24.2 Å². The van der Waals surface area contributed by atoms with Gasteiger partial charge in [-0.3, -0.25) is 9.59 Å². The van der Waals surface area contributed by atoms with Crippen LogP contribution >= 0.6 is 0 Å². The van der Waals surface area contributed by atoms with Crippen LogP contribution in [0.25, 0.3) is 10.9 Å². The van der Waals surface area contributed by atoms with E-state index in [0.717, 1.165) is 11.1 Å². The Hall–Kier alpha value is -2.85. The highest BCUT2D eigenvalue weighted by Crippen LogP contribution is 2.33. The molecule has 1 aliphatic rings. The number of rotatable bonds is 5. The van der Waals surface area contributed by atoms with E-state index in [-0.39, 0.29) is 37.0 Å². The van der Waals surface area contributed by atoms with Gasteiger partial charge in [-0.1, -0.05) is 18.2 Å². The lowest BCUT2D eigenvalue weighted by molar-refractivity contribution is -0.125. The first-order chi connectivity index (χ1) is 11.7. The van der Waals surface area contributed by atoms with Crippen molar-refractivity contribution in [3.8, 4) is 6.07 Å². The van der Waals surface area contributed by atoms with Crippen molar-refractivity contribution in [3.63, 3.8) is 0 Å². The van der Waals surface area contributed by atoms with Gasteiger partial charge >= 0.3 is 0 Å². The molecule has 2 heterocycles. The molecule has 0 aliphatic carbocycles. The van der Waals surface area contributed by atoms with Crippen LogP contribution in [0.2, 0.25) is 0 Å². The molecule has 0 atom stereocenters. The molecule has 7 heteroatoms. The van der Waals surface area contributed by atoms with Crippen molar-refractivity contribution >= 4 is 22.5 Å². The minimum Gasteiger partial charge on any atom is -0.395 e. The maximum Gasteiger partial charge on any atom is 0.254 e. The van der Waals surface area contributed by atoms with Gasteiger partial charge in [0.2, 0.25) is 5.91 Å². The number of hydrogen-bond acceptors (Lipinski definition) is 5. The van der Waals surface area contributed by atoms with Crippen LogP contribution in [0, 0.1) is 17.2 Å². The summed E-state index contributed by atoms with van der Waals surface area (Å²) in [6.07, 6.45) is 0.0212. The van der Waals surface area contributed by atoms with E-state index in [1.807, 2.05) is 35.2 Å². The first kappa shape index (κ1) is 16.0. The highest BCUT2D eigenvalue weighted by molar-refractivity contribution is 5.95.